The molecule has 1 unspecified atom stereocenters. The van der Waals surface area contributed by atoms with Crippen molar-refractivity contribution in [2.75, 3.05) is 11.9 Å². The van der Waals surface area contributed by atoms with Gasteiger partial charge in [0.2, 0.25) is 11.8 Å². The van der Waals surface area contributed by atoms with Crippen LogP contribution in [0.2, 0.25) is 0 Å². The Kier molecular flexibility index (Phi) is 11.8. The van der Waals surface area contributed by atoms with Crippen molar-refractivity contribution in [2.45, 2.75) is 52.0 Å². The number of amides is 1. The summed E-state index contributed by atoms with van der Waals surface area (Å²) < 4.78 is 17.8. The summed E-state index contributed by atoms with van der Waals surface area (Å²) in [4.78, 5) is 19.3. The van der Waals surface area contributed by atoms with Gasteiger partial charge in [0.15, 0.2) is 0 Å². The van der Waals surface area contributed by atoms with Crippen LogP contribution in [0.3, 0.4) is 0 Å². The summed E-state index contributed by atoms with van der Waals surface area (Å²) in [7, 11) is 0. The van der Waals surface area contributed by atoms with E-state index < -0.39 is 17.7 Å². The number of pyridine rings is 1. The van der Waals surface area contributed by atoms with E-state index in [-0.39, 0.29) is 19.6 Å². The molecule has 0 fully saturated rings. The van der Waals surface area contributed by atoms with Crippen LogP contribution in [0.4, 0.5) is 10.5 Å². The van der Waals surface area contributed by atoms with Gasteiger partial charge in [0.1, 0.15) is 24.5 Å². The molecule has 0 bridgehead atoms. The number of hydrogen-bond donors (Lipinski definition) is 1. The lowest BCUT2D eigenvalue weighted by Crippen LogP contribution is -2.45. The molecular formula is C34H38N4O4. The molecule has 3 aromatic rings. The number of nitrogens with one attached hydrogen (secondary N) is 1. The number of aromatic nitrogens is 1. The van der Waals surface area contributed by atoms with Gasteiger partial charge in [-0.15, -0.1) is 6.58 Å². The summed E-state index contributed by atoms with van der Waals surface area (Å²) >= 11 is 0. The molecule has 3 rings (SSSR count). The standard InChI is InChI=1S/C34H38N4O4/c1-6-14-28(30(21-22-35)38(23-7-2)33(39)42-34(3,4)5)36-29-19-20-31(40-24-26-15-10-8-11-16-26)37-32(29)41-25-27-17-12-9-13-18-27/h6-20,30,36H,1-2,21,23-25H2,3-5H3/b28-14+. The zero-order chi connectivity index (χ0) is 30.4. The summed E-state index contributed by atoms with van der Waals surface area (Å²) in [6, 6.07) is 24.6. The molecule has 0 spiro atoms. The Morgan fingerprint density at radius 3 is 2.17 bits per heavy atom. The van der Waals surface area contributed by atoms with Crippen molar-refractivity contribution in [1.29, 1.82) is 5.26 Å². The molecule has 0 saturated heterocycles. The van der Waals surface area contributed by atoms with E-state index in [0.717, 1.165) is 11.1 Å². The molecule has 0 aliphatic carbocycles. The van der Waals surface area contributed by atoms with Gasteiger partial charge in [-0.1, -0.05) is 79.4 Å². The van der Waals surface area contributed by atoms with Gasteiger partial charge in [-0.3, -0.25) is 4.90 Å². The highest BCUT2D eigenvalue weighted by Crippen LogP contribution is 2.30. The molecule has 1 atom stereocenters. The zero-order valence-electron chi connectivity index (χ0n) is 24.5. The van der Waals surface area contributed by atoms with E-state index in [2.05, 4.69) is 29.5 Å². The van der Waals surface area contributed by atoms with Crippen LogP contribution in [-0.2, 0) is 18.0 Å². The predicted octanol–water partition coefficient (Wildman–Crippen LogP) is 7.43. The zero-order valence-corrected chi connectivity index (χ0v) is 24.5. The third kappa shape index (κ3) is 9.86. The van der Waals surface area contributed by atoms with E-state index >= 15 is 0 Å². The van der Waals surface area contributed by atoms with Crippen LogP contribution in [-0.4, -0.2) is 34.2 Å². The van der Waals surface area contributed by atoms with E-state index in [1.807, 2.05) is 60.7 Å². The first-order chi connectivity index (χ1) is 20.2. The highest BCUT2D eigenvalue weighted by molar-refractivity contribution is 5.70. The quantitative estimate of drug-likeness (QED) is 0.160. The molecule has 1 aromatic heterocycles. The third-order valence-corrected chi connectivity index (χ3v) is 5.83. The highest BCUT2D eigenvalue weighted by Gasteiger charge is 2.30. The Morgan fingerprint density at radius 1 is 1.00 bits per heavy atom. The largest absolute Gasteiger partial charge is 0.473 e. The average molecular weight is 567 g/mol. The Labute approximate surface area is 248 Å². The molecule has 1 N–H and O–H groups in total. The summed E-state index contributed by atoms with van der Waals surface area (Å²) in [6.07, 6.45) is 4.31. The molecule has 1 amide bonds. The van der Waals surface area contributed by atoms with Gasteiger partial charge < -0.3 is 19.5 Å². The number of anilines is 1. The molecule has 8 nitrogen and oxygen atoms in total. The summed E-state index contributed by atoms with van der Waals surface area (Å²) in [6.45, 7) is 13.8. The number of nitrogens with zero attached hydrogens (tertiary/aromatic N) is 3. The van der Waals surface area contributed by atoms with E-state index in [9.17, 15) is 10.1 Å². The Morgan fingerprint density at radius 2 is 1.62 bits per heavy atom. The predicted molar refractivity (Wildman–Crippen MR) is 165 cm³/mol. The lowest BCUT2D eigenvalue weighted by atomic mass is 10.1. The van der Waals surface area contributed by atoms with Gasteiger partial charge in [0, 0.05) is 18.3 Å². The van der Waals surface area contributed by atoms with Crippen molar-refractivity contribution in [2.24, 2.45) is 0 Å². The fraction of sp³-hybridized carbons (Fsp3) is 0.265. The fourth-order valence-electron chi connectivity index (χ4n) is 3.95. The van der Waals surface area contributed by atoms with E-state index in [0.29, 0.717) is 29.8 Å². The first kappa shape index (κ1) is 31.5. The Balaban J connectivity index is 1.95. The maximum Gasteiger partial charge on any atom is 0.411 e. The van der Waals surface area contributed by atoms with E-state index in [1.165, 1.54) is 4.90 Å². The first-order valence-corrected chi connectivity index (χ1v) is 13.7. The van der Waals surface area contributed by atoms with E-state index in [4.69, 9.17) is 14.2 Å². The molecule has 218 valence electrons. The topological polar surface area (TPSA) is 96.7 Å². The maximum absolute atomic E-state index is 13.2. The van der Waals surface area contributed by atoms with Gasteiger partial charge >= 0.3 is 6.09 Å². The van der Waals surface area contributed by atoms with Crippen LogP contribution < -0.4 is 14.8 Å². The summed E-state index contributed by atoms with van der Waals surface area (Å²) in [5.41, 5.74) is 2.31. The monoisotopic (exact) mass is 566 g/mol. The smallest absolute Gasteiger partial charge is 0.411 e. The number of rotatable bonds is 14. The van der Waals surface area contributed by atoms with Gasteiger partial charge in [0.25, 0.3) is 0 Å². The second kappa shape index (κ2) is 15.7. The van der Waals surface area contributed by atoms with E-state index in [1.54, 1.807) is 51.1 Å². The van der Waals surface area contributed by atoms with Gasteiger partial charge in [0.05, 0.1) is 18.5 Å². The van der Waals surface area contributed by atoms with Crippen LogP contribution >= 0.6 is 0 Å². The Hall–Kier alpha value is -5.03. The molecule has 8 heteroatoms. The Bertz CT molecular complexity index is 1390. The lowest BCUT2D eigenvalue weighted by molar-refractivity contribution is 0.0220. The maximum atomic E-state index is 13.2. The van der Waals surface area contributed by atoms with Crippen LogP contribution in [0.15, 0.2) is 110 Å². The van der Waals surface area contributed by atoms with Crippen LogP contribution in [0.25, 0.3) is 0 Å². The minimum Gasteiger partial charge on any atom is -0.473 e. The number of hydrogen-bond acceptors (Lipinski definition) is 7. The van der Waals surface area contributed by atoms with Crippen molar-refractivity contribution in [3.8, 4) is 17.8 Å². The summed E-state index contributed by atoms with van der Waals surface area (Å²) in [5, 5.41) is 13.1. The van der Waals surface area contributed by atoms with Gasteiger partial charge in [-0.2, -0.15) is 10.2 Å². The highest BCUT2D eigenvalue weighted by atomic mass is 16.6. The first-order valence-electron chi connectivity index (χ1n) is 13.7. The number of nitriles is 1. The molecule has 0 saturated carbocycles. The number of carbonyl (C=O) groups excluding carboxylic acids is 1. The SMILES string of the molecule is C=C/C=C(/Nc1ccc(OCc2ccccc2)nc1OCc1ccccc1)C(CC#N)N(CC=C)C(=O)OC(C)(C)C. The van der Waals surface area contributed by atoms with Crippen molar-refractivity contribution >= 4 is 11.8 Å². The average Bonchev–Trinajstić information content (AvgIpc) is 2.97. The summed E-state index contributed by atoms with van der Waals surface area (Å²) in [5.74, 6) is 0.681. The molecule has 0 aliphatic heterocycles. The lowest BCUT2D eigenvalue weighted by Gasteiger charge is -2.33. The van der Waals surface area contributed by atoms with Crippen molar-refractivity contribution in [3.63, 3.8) is 0 Å². The third-order valence-electron chi connectivity index (χ3n) is 5.83. The molecule has 1 heterocycles. The molecule has 0 aliphatic rings. The fourth-order valence-corrected chi connectivity index (χ4v) is 3.95. The van der Waals surface area contributed by atoms with Crippen LogP contribution in [0.5, 0.6) is 11.8 Å². The minimum absolute atomic E-state index is 0.00827. The number of allylic oxidation sites excluding steroid dienone is 2. The minimum atomic E-state index is -0.721. The van der Waals surface area contributed by atoms with Crippen molar-refractivity contribution in [3.05, 3.63) is 121 Å². The second-order valence-corrected chi connectivity index (χ2v) is 10.3. The van der Waals surface area contributed by atoms with Crippen molar-refractivity contribution in [1.82, 2.24) is 9.88 Å². The van der Waals surface area contributed by atoms with Crippen molar-refractivity contribution < 1.29 is 19.0 Å². The molecule has 2 aromatic carbocycles. The normalized spacial score (nSPS) is 11.9. The molecular weight excluding hydrogens is 528 g/mol. The second-order valence-electron chi connectivity index (χ2n) is 10.3. The van der Waals surface area contributed by atoms with Gasteiger partial charge in [-0.05, 0) is 44.0 Å². The van der Waals surface area contributed by atoms with Crippen LogP contribution in [0, 0.1) is 11.3 Å². The number of carbonyl (C=O) groups is 1. The number of ether oxygens (including phenoxy) is 3. The van der Waals surface area contributed by atoms with Crippen LogP contribution in [0.1, 0.15) is 38.3 Å². The molecule has 0 radical (unpaired) electrons. The number of benzene rings is 2. The van der Waals surface area contributed by atoms with Gasteiger partial charge in [-0.25, -0.2) is 4.79 Å². The molecule has 42 heavy (non-hydrogen) atoms.